The number of rotatable bonds is 3. The molecule has 18 heavy (non-hydrogen) atoms. The fraction of sp³-hybridized carbons (Fsp3) is 0.417. The van der Waals surface area contributed by atoms with Crippen molar-refractivity contribution >= 4 is 5.91 Å². The van der Waals surface area contributed by atoms with Crippen molar-refractivity contribution < 1.29 is 14.3 Å². The number of piperazine rings is 1. The van der Waals surface area contributed by atoms with E-state index in [-0.39, 0.29) is 0 Å². The van der Waals surface area contributed by atoms with Crippen LogP contribution in [0.5, 0.6) is 5.75 Å². The molecule has 2 rings (SSSR count). The molecular formula is C12H16FN3O2. The molecule has 1 heterocycles. The Bertz CT molecular complexity index is 447. The highest BCUT2D eigenvalue weighted by Gasteiger charge is 2.27. The predicted octanol–water partition coefficient (Wildman–Crippen LogP) is -0.0371. The Morgan fingerprint density at radius 2 is 2.11 bits per heavy atom. The molecule has 6 heteroatoms. The van der Waals surface area contributed by atoms with Gasteiger partial charge in [0.05, 0.1) is 0 Å². The lowest BCUT2D eigenvalue weighted by Gasteiger charge is -2.33. The topological polar surface area (TPSA) is 78.6 Å². The van der Waals surface area contributed by atoms with E-state index >= 15 is 0 Å². The number of hydrogen-bond donors (Lipinski definition) is 3. The summed E-state index contributed by atoms with van der Waals surface area (Å²) in [5.74, 6) is -1.68. The zero-order valence-corrected chi connectivity index (χ0v) is 9.90. The van der Waals surface area contributed by atoms with E-state index < -0.39 is 23.5 Å². The van der Waals surface area contributed by atoms with Gasteiger partial charge in [-0.15, -0.1) is 0 Å². The van der Waals surface area contributed by atoms with Crippen LogP contribution < -0.4 is 11.1 Å². The third-order valence-corrected chi connectivity index (χ3v) is 3.07. The van der Waals surface area contributed by atoms with Gasteiger partial charge in [-0.05, 0) is 17.7 Å². The largest absolute Gasteiger partial charge is 0.505 e. The Morgan fingerprint density at radius 1 is 1.44 bits per heavy atom. The van der Waals surface area contributed by atoms with E-state index in [4.69, 9.17) is 10.8 Å². The molecule has 1 aliphatic heterocycles. The first-order valence-corrected chi connectivity index (χ1v) is 5.82. The van der Waals surface area contributed by atoms with Crippen LogP contribution in [0.3, 0.4) is 0 Å². The summed E-state index contributed by atoms with van der Waals surface area (Å²) in [4.78, 5) is 13.5. The first-order chi connectivity index (χ1) is 8.59. The van der Waals surface area contributed by atoms with Crippen LogP contribution in [0.2, 0.25) is 0 Å². The Hall–Kier alpha value is -1.66. The van der Waals surface area contributed by atoms with Crippen molar-refractivity contribution in [2.75, 3.05) is 26.2 Å². The molecule has 1 atom stereocenters. The van der Waals surface area contributed by atoms with Crippen molar-refractivity contribution in [3.8, 4) is 5.75 Å². The monoisotopic (exact) mass is 253 g/mol. The second-order valence-corrected chi connectivity index (χ2v) is 4.30. The van der Waals surface area contributed by atoms with Gasteiger partial charge in [-0.2, -0.15) is 0 Å². The molecule has 5 nitrogen and oxygen atoms in total. The van der Waals surface area contributed by atoms with Gasteiger partial charge in [-0.1, -0.05) is 6.07 Å². The van der Waals surface area contributed by atoms with Gasteiger partial charge in [0, 0.05) is 26.2 Å². The van der Waals surface area contributed by atoms with Crippen molar-refractivity contribution in [1.29, 1.82) is 0 Å². The van der Waals surface area contributed by atoms with E-state index in [0.29, 0.717) is 18.7 Å². The average molecular weight is 253 g/mol. The molecule has 1 fully saturated rings. The van der Waals surface area contributed by atoms with Crippen LogP contribution in [0.4, 0.5) is 4.39 Å². The number of nitrogens with zero attached hydrogens (tertiary/aromatic N) is 1. The van der Waals surface area contributed by atoms with Crippen molar-refractivity contribution in [1.82, 2.24) is 10.2 Å². The van der Waals surface area contributed by atoms with Crippen LogP contribution in [0.25, 0.3) is 0 Å². The summed E-state index contributed by atoms with van der Waals surface area (Å²) < 4.78 is 13.3. The van der Waals surface area contributed by atoms with E-state index in [2.05, 4.69) is 5.32 Å². The maximum atomic E-state index is 13.3. The van der Waals surface area contributed by atoms with Gasteiger partial charge in [0.1, 0.15) is 6.04 Å². The molecule has 0 spiro atoms. The van der Waals surface area contributed by atoms with E-state index in [9.17, 15) is 9.18 Å². The lowest BCUT2D eigenvalue weighted by Crippen LogP contribution is -2.48. The van der Waals surface area contributed by atoms with Gasteiger partial charge in [0.15, 0.2) is 11.6 Å². The minimum atomic E-state index is -0.742. The van der Waals surface area contributed by atoms with Crippen molar-refractivity contribution in [2.24, 2.45) is 5.73 Å². The Labute approximate surface area is 104 Å². The molecule has 4 N–H and O–H groups in total. The number of nitrogens with one attached hydrogen (secondary N) is 1. The van der Waals surface area contributed by atoms with E-state index in [0.717, 1.165) is 19.2 Å². The first-order valence-electron chi connectivity index (χ1n) is 5.82. The van der Waals surface area contributed by atoms with Gasteiger partial charge in [0.2, 0.25) is 5.91 Å². The third-order valence-electron chi connectivity index (χ3n) is 3.07. The summed E-state index contributed by atoms with van der Waals surface area (Å²) >= 11 is 0. The number of phenols is 1. The molecule has 1 aromatic carbocycles. The number of phenolic OH excluding ortho intramolecular Hbond substituents is 1. The second kappa shape index (κ2) is 5.32. The lowest BCUT2D eigenvalue weighted by molar-refractivity contribution is -0.123. The maximum absolute atomic E-state index is 13.3. The van der Waals surface area contributed by atoms with Crippen molar-refractivity contribution in [2.45, 2.75) is 6.04 Å². The van der Waals surface area contributed by atoms with Gasteiger partial charge in [-0.3, -0.25) is 9.69 Å². The van der Waals surface area contributed by atoms with Crippen LogP contribution in [-0.2, 0) is 4.79 Å². The van der Waals surface area contributed by atoms with Gasteiger partial charge >= 0.3 is 0 Å². The Balaban J connectivity index is 2.28. The zero-order valence-electron chi connectivity index (χ0n) is 9.90. The normalized spacial score (nSPS) is 18.5. The summed E-state index contributed by atoms with van der Waals surface area (Å²) in [6.45, 7) is 2.89. The van der Waals surface area contributed by atoms with E-state index in [1.807, 2.05) is 4.90 Å². The number of aromatic hydroxyl groups is 1. The molecule has 1 amide bonds. The molecular weight excluding hydrogens is 237 g/mol. The summed E-state index contributed by atoms with van der Waals surface area (Å²) in [6, 6.07) is 3.27. The molecule has 1 aromatic rings. The number of carbonyl (C=O) groups is 1. The first kappa shape index (κ1) is 12.8. The molecule has 1 unspecified atom stereocenters. The predicted molar refractivity (Wildman–Crippen MR) is 64.4 cm³/mol. The molecule has 98 valence electrons. The second-order valence-electron chi connectivity index (χ2n) is 4.30. The summed E-state index contributed by atoms with van der Waals surface area (Å²) in [5, 5.41) is 12.3. The van der Waals surface area contributed by atoms with E-state index in [1.54, 1.807) is 0 Å². The minimum Gasteiger partial charge on any atom is -0.505 e. The number of carbonyl (C=O) groups excluding carboxylic acids is 1. The summed E-state index contributed by atoms with van der Waals surface area (Å²) in [5.41, 5.74) is 5.87. The Morgan fingerprint density at radius 3 is 2.67 bits per heavy atom. The van der Waals surface area contributed by atoms with Crippen LogP contribution in [0, 0.1) is 5.82 Å². The smallest absolute Gasteiger partial charge is 0.239 e. The minimum absolute atomic E-state index is 0.428. The van der Waals surface area contributed by atoms with Crippen LogP contribution >= 0.6 is 0 Å². The molecule has 0 bridgehead atoms. The van der Waals surface area contributed by atoms with Gasteiger partial charge in [-0.25, -0.2) is 4.39 Å². The number of amides is 1. The lowest BCUT2D eigenvalue weighted by atomic mass is 10.0. The number of hydrogen-bond acceptors (Lipinski definition) is 4. The molecule has 1 aliphatic rings. The van der Waals surface area contributed by atoms with E-state index in [1.165, 1.54) is 12.1 Å². The zero-order chi connectivity index (χ0) is 13.1. The number of benzene rings is 1. The van der Waals surface area contributed by atoms with Crippen LogP contribution in [0.1, 0.15) is 11.6 Å². The molecule has 0 aliphatic carbocycles. The highest BCUT2D eigenvalue weighted by molar-refractivity contribution is 5.81. The van der Waals surface area contributed by atoms with Crippen molar-refractivity contribution in [3.63, 3.8) is 0 Å². The van der Waals surface area contributed by atoms with Crippen LogP contribution in [0.15, 0.2) is 18.2 Å². The molecule has 0 saturated carbocycles. The number of halogens is 1. The Kier molecular flexibility index (Phi) is 3.78. The molecule has 0 radical (unpaired) electrons. The van der Waals surface area contributed by atoms with Crippen LogP contribution in [-0.4, -0.2) is 42.1 Å². The summed E-state index contributed by atoms with van der Waals surface area (Å²) in [6.07, 6.45) is 0. The maximum Gasteiger partial charge on any atom is 0.239 e. The van der Waals surface area contributed by atoms with Gasteiger partial charge < -0.3 is 16.2 Å². The standard InChI is InChI=1S/C12H16FN3O2/c13-9-7-8(1-2-10(9)17)11(12(14)18)16-5-3-15-4-6-16/h1-2,7,11,15,17H,3-6H2,(H2,14,18). The van der Waals surface area contributed by atoms with Crippen molar-refractivity contribution in [3.05, 3.63) is 29.6 Å². The molecule has 0 aromatic heterocycles. The quantitative estimate of drug-likeness (QED) is 0.706. The highest BCUT2D eigenvalue weighted by Crippen LogP contribution is 2.25. The third kappa shape index (κ3) is 2.60. The number of primary amides is 1. The average Bonchev–Trinajstić information content (AvgIpc) is 2.35. The fourth-order valence-electron chi connectivity index (χ4n) is 2.19. The SMILES string of the molecule is NC(=O)C(c1ccc(O)c(F)c1)N1CCNCC1. The summed E-state index contributed by atoms with van der Waals surface area (Å²) in [7, 11) is 0. The fourth-order valence-corrected chi connectivity index (χ4v) is 2.19. The number of nitrogens with two attached hydrogens (primary N) is 1. The molecule has 1 saturated heterocycles. The highest BCUT2D eigenvalue weighted by atomic mass is 19.1. The van der Waals surface area contributed by atoms with Gasteiger partial charge in [0.25, 0.3) is 0 Å².